The maximum atomic E-state index is 11.9. The van der Waals surface area contributed by atoms with Gasteiger partial charge in [-0.15, -0.1) is 0 Å². The second-order valence-corrected chi connectivity index (χ2v) is 9.65. The lowest BCUT2D eigenvalue weighted by Crippen LogP contribution is -2.39. The summed E-state index contributed by atoms with van der Waals surface area (Å²) in [5.41, 5.74) is 5.18. The predicted octanol–water partition coefficient (Wildman–Crippen LogP) is 6.68. The van der Waals surface area contributed by atoms with Crippen molar-refractivity contribution in [1.82, 2.24) is 5.32 Å². The average molecular weight is 370 g/mol. The molecule has 0 aromatic rings. The Bertz CT molecular complexity index is 690. The molecule has 0 fully saturated rings. The molecule has 1 unspecified atom stereocenters. The van der Waals surface area contributed by atoms with Gasteiger partial charge in [0.05, 0.1) is 0 Å². The van der Waals surface area contributed by atoms with E-state index in [1.807, 2.05) is 39.8 Å². The molecule has 0 bridgehead atoms. The first kappa shape index (κ1) is 23.2. The lowest BCUT2D eigenvalue weighted by molar-refractivity contribution is -0.117. The Hall–Kier alpha value is -1.83. The Kier molecular flexibility index (Phi) is 8.07. The summed E-state index contributed by atoms with van der Waals surface area (Å²) in [5.74, 6) is 0.621. The van der Waals surface area contributed by atoms with Gasteiger partial charge in [0, 0.05) is 11.6 Å². The molecule has 150 valence electrons. The van der Waals surface area contributed by atoms with Crippen molar-refractivity contribution in [3.05, 3.63) is 58.7 Å². The highest BCUT2D eigenvalue weighted by atomic mass is 16.1. The Morgan fingerprint density at radius 3 is 2.37 bits per heavy atom. The molecule has 0 aliphatic heterocycles. The van der Waals surface area contributed by atoms with Gasteiger partial charge >= 0.3 is 0 Å². The van der Waals surface area contributed by atoms with Gasteiger partial charge in [0.15, 0.2) is 0 Å². The highest BCUT2D eigenvalue weighted by molar-refractivity contribution is 5.89. The van der Waals surface area contributed by atoms with Crippen molar-refractivity contribution in [1.29, 1.82) is 0 Å². The smallest absolute Gasteiger partial charge is 0.244 e. The van der Waals surface area contributed by atoms with E-state index in [0.29, 0.717) is 5.92 Å². The van der Waals surface area contributed by atoms with Crippen LogP contribution in [0.15, 0.2) is 58.7 Å². The summed E-state index contributed by atoms with van der Waals surface area (Å²) < 4.78 is 0. The van der Waals surface area contributed by atoms with Crippen LogP contribution in [0.25, 0.3) is 0 Å². The molecular weight excluding hydrogens is 330 g/mol. The van der Waals surface area contributed by atoms with Crippen LogP contribution in [-0.4, -0.2) is 11.4 Å². The van der Waals surface area contributed by atoms with Gasteiger partial charge in [-0.05, 0) is 76.9 Å². The lowest BCUT2D eigenvalue weighted by Gasteiger charge is -2.36. The van der Waals surface area contributed by atoms with Gasteiger partial charge < -0.3 is 5.32 Å². The number of allylic oxidation sites excluding steroid dienone is 9. The molecule has 0 spiro atoms. The van der Waals surface area contributed by atoms with Crippen molar-refractivity contribution in [2.24, 2.45) is 11.3 Å². The standard InChI is InChI=1S/C25H39NO/c1-18(11-10-12-19(2)17-23(27)26-24(5,6)7)13-14-22-21(4)20(3)15-16-25(22,8)9/h10-14,17,20H,15-16H2,1-9H3,(H,26,27)/b12-10+,14-13+,18-11+,19-17-. The highest BCUT2D eigenvalue weighted by Gasteiger charge is 2.29. The van der Waals surface area contributed by atoms with Crippen LogP contribution in [0.1, 0.15) is 75.2 Å². The number of rotatable bonds is 5. The second-order valence-electron chi connectivity index (χ2n) is 9.65. The van der Waals surface area contributed by atoms with Crippen molar-refractivity contribution < 1.29 is 4.79 Å². The molecule has 27 heavy (non-hydrogen) atoms. The molecule has 0 aromatic carbocycles. The molecule has 1 aliphatic rings. The first-order valence-electron chi connectivity index (χ1n) is 10.1. The van der Waals surface area contributed by atoms with Gasteiger partial charge in [-0.25, -0.2) is 0 Å². The van der Waals surface area contributed by atoms with E-state index in [2.05, 4.69) is 58.2 Å². The molecule has 1 rings (SSSR count). The van der Waals surface area contributed by atoms with Crippen molar-refractivity contribution in [3.8, 4) is 0 Å². The van der Waals surface area contributed by atoms with Gasteiger partial charge in [0.25, 0.3) is 0 Å². The van der Waals surface area contributed by atoms with Crippen LogP contribution in [0.2, 0.25) is 0 Å². The van der Waals surface area contributed by atoms with Crippen LogP contribution in [0.3, 0.4) is 0 Å². The average Bonchev–Trinajstić information content (AvgIpc) is 2.49. The molecule has 1 amide bonds. The minimum Gasteiger partial charge on any atom is -0.348 e. The number of carbonyl (C=O) groups is 1. The molecule has 1 atom stereocenters. The van der Waals surface area contributed by atoms with E-state index in [0.717, 1.165) is 5.57 Å². The third-order valence-corrected chi connectivity index (χ3v) is 5.18. The van der Waals surface area contributed by atoms with Gasteiger partial charge in [0.2, 0.25) is 5.91 Å². The fourth-order valence-electron chi connectivity index (χ4n) is 3.37. The quantitative estimate of drug-likeness (QED) is 0.425. The number of hydrogen-bond acceptors (Lipinski definition) is 1. The minimum atomic E-state index is -0.212. The predicted molar refractivity (Wildman–Crippen MR) is 119 cm³/mol. The van der Waals surface area contributed by atoms with Crippen molar-refractivity contribution in [2.75, 3.05) is 0 Å². The maximum absolute atomic E-state index is 11.9. The zero-order chi connectivity index (χ0) is 20.8. The molecule has 0 aromatic heterocycles. The molecule has 0 saturated carbocycles. The molecule has 1 N–H and O–H groups in total. The van der Waals surface area contributed by atoms with Gasteiger partial charge in [0.1, 0.15) is 0 Å². The van der Waals surface area contributed by atoms with Crippen LogP contribution in [-0.2, 0) is 4.79 Å². The maximum Gasteiger partial charge on any atom is 0.244 e. The Morgan fingerprint density at radius 2 is 1.78 bits per heavy atom. The SMILES string of the molecule is CC1=C(/C=C/C(C)=C/C=C/C(C)=C\C(=O)NC(C)(C)C)C(C)(C)CCC1C. The number of carbonyl (C=O) groups excluding carboxylic acids is 1. The Balaban J connectivity index is 2.79. The minimum absolute atomic E-state index is 0.0543. The summed E-state index contributed by atoms with van der Waals surface area (Å²) in [6.07, 6.45) is 14.7. The third-order valence-electron chi connectivity index (χ3n) is 5.18. The van der Waals surface area contributed by atoms with Crippen molar-refractivity contribution in [3.63, 3.8) is 0 Å². The van der Waals surface area contributed by atoms with Crippen molar-refractivity contribution in [2.45, 2.75) is 80.7 Å². The number of hydrogen-bond donors (Lipinski definition) is 1. The monoisotopic (exact) mass is 369 g/mol. The Labute approximate surface area is 167 Å². The van der Waals surface area contributed by atoms with Crippen LogP contribution >= 0.6 is 0 Å². The summed E-state index contributed by atoms with van der Waals surface area (Å²) in [4.78, 5) is 11.9. The van der Waals surface area contributed by atoms with E-state index in [1.165, 1.54) is 29.6 Å². The highest BCUT2D eigenvalue weighted by Crippen LogP contribution is 2.43. The molecule has 1 aliphatic carbocycles. The number of amides is 1. The van der Waals surface area contributed by atoms with E-state index in [1.54, 1.807) is 6.08 Å². The third kappa shape index (κ3) is 8.15. The van der Waals surface area contributed by atoms with Gasteiger partial charge in [-0.1, -0.05) is 62.3 Å². The molecule has 0 radical (unpaired) electrons. The van der Waals surface area contributed by atoms with Crippen LogP contribution in [0, 0.1) is 11.3 Å². The molecule has 0 heterocycles. The Morgan fingerprint density at radius 1 is 1.15 bits per heavy atom. The first-order chi connectivity index (χ1) is 12.3. The normalized spacial score (nSPS) is 22.0. The molecule has 2 nitrogen and oxygen atoms in total. The van der Waals surface area contributed by atoms with E-state index < -0.39 is 0 Å². The van der Waals surface area contributed by atoms with Crippen molar-refractivity contribution >= 4 is 5.91 Å². The topological polar surface area (TPSA) is 29.1 Å². The summed E-state index contributed by atoms with van der Waals surface area (Å²) in [6, 6.07) is 0. The summed E-state index contributed by atoms with van der Waals surface area (Å²) in [7, 11) is 0. The summed E-state index contributed by atoms with van der Waals surface area (Å²) >= 11 is 0. The fraction of sp³-hybridized carbons (Fsp3) is 0.560. The second kappa shape index (κ2) is 9.39. The van der Waals surface area contributed by atoms with Crippen LogP contribution in [0.4, 0.5) is 0 Å². The molecule has 2 heteroatoms. The van der Waals surface area contributed by atoms with Crippen LogP contribution < -0.4 is 5.32 Å². The van der Waals surface area contributed by atoms with Crippen LogP contribution in [0.5, 0.6) is 0 Å². The zero-order valence-electron chi connectivity index (χ0n) is 18.9. The van der Waals surface area contributed by atoms with Gasteiger partial charge in [-0.2, -0.15) is 0 Å². The molecule has 0 saturated heterocycles. The van der Waals surface area contributed by atoms with Gasteiger partial charge in [-0.3, -0.25) is 4.79 Å². The van der Waals surface area contributed by atoms with E-state index in [4.69, 9.17) is 0 Å². The largest absolute Gasteiger partial charge is 0.348 e. The lowest BCUT2D eigenvalue weighted by atomic mass is 9.69. The molecular formula is C25H39NO. The summed E-state index contributed by atoms with van der Waals surface area (Å²) in [6.45, 7) is 19.3. The zero-order valence-corrected chi connectivity index (χ0v) is 18.9. The van der Waals surface area contributed by atoms with E-state index >= 15 is 0 Å². The van der Waals surface area contributed by atoms with E-state index in [-0.39, 0.29) is 16.9 Å². The first-order valence-corrected chi connectivity index (χ1v) is 10.1. The summed E-state index contributed by atoms with van der Waals surface area (Å²) in [5, 5.41) is 2.94. The fourth-order valence-corrected chi connectivity index (χ4v) is 3.37. The van der Waals surface area contributed by atoms with E-state index in [9.17, 15) is 4.79 Å². The number of nitrogens with one attached hydrogen (secondary N) is 1.